The average Bonchev–Trinajstić information content (AvgIpc) is 3.37. The molecule has 2 aliphatic rings. The molecule has 1 aliphatic carbocycles. The van der Waals surface area contributed by atoms with Crippen LogP contribution in [0.1, 0.15) is 32.1 Å². The Morgan fingerprint density at radius 3 is 2.64 bits per heavy atom. The number of halogens is 2. The minimum Gasteiger partial charge on any atom is -0.492 e. The fraction of sp³-hybridized carbons (Fsp3) is 0.600. The van der Waals surface area contributed by atoms with Crippen molar-refractivity contribution in [3.8, 4) is 5.75 Å². The van der Waals surface area contributed by atoms with Gasteiger partial charge in [-0.15, -0.1) is 24.0 Å². The molecule has 0 spiro atoms. The minimum absolute atomic E-state index is 0. The highest BCUT2D eigenvalue weighted by molar-refractivity contribution is 14.0. The standard InChI is InChI=1S/C20H29ClN4O2.HI/c1-22-20(23-11-13-27-18-8-6-16(21)7-9-18)24-17-10-12-25(14-17)19(26)15-4-2-3-5-15;/h6-9,15,17H,2-5,10-14H2,1H3,(H2,22,23,24);1H. The summed E-state index contributed by atoms with van der Waals surface area (Å²) < 4.78 is 5.67. The summed E-state index contributed by atoms with van der Waals surface area (Å²) in [6.45, 7) is 2.76. The van der Waals surface area contributed by atoms with E-state index in [0.29, 0.717) is 24.1 Å². The molecule has 6 nitrogen and oxygen atoms in total. The van der Waals surface area contributed by atoms with Crippen LogP contribution in [0.15, 0.2) is 29.3 Å². The van der Waals surface area contributed by atoms with E-state index in [1.165, 1.54) is 12.8 Å². The van der Waals surface area contributed by atoms with Crippen LogP contribution in [0.25, 0.3) is 0 Å². The number of likely N-dealkylation sites (tertiary alicyclic amines) is 1. The number of rotatable bonds is 6. The predicted molar refractivity (Wildman–Crippen MR) is 124 cm³/mol. The fourth-order valence-electron chi connectivity index (χ4n) is 3.77. The topological polar surface area (TPSA) is 66.0 Å². The van der Waals surface area contributed by atoms with Gasteiger partial charge < -0.3 is 20.3 Å². The number of carbonyl (C=O) groups is 1. The molecule has 8 heteroatoms. The normalized spacial score (nSPS) is 20.0. The van der Waals surface area contributed by atoms with Crippen molar-refractivity contribution in [1.29, 1.82) is 0 Å². The van der Waals surface area contributed by atoms with Gasteiger partial charge in [-0.2, -0.15) is 0 Å². The largest absolute Gasteiger partial charge is 0.492 e. The molecule has 1 saturated heterocycles. The summed E-state index contributed by atoms with van der Waals surface area (Å²) in [5, 5.41) is 7.38. The maximum absolute atomic E-state index is 12.5. The molecule has 1 heterocycles. The molecule has 2 fully saturated rings. The molecule has 1 aliphatic heterocycles. The number of nitrogens with zero attached hydrogens (tertiary/aromatic N) is 2. The van der Waals surface area contributed by atoms with Gasteiger partial charge in [0.1, 0.15) is 12.4 Å². The van der Waals surface area contributed by atoms with Gasteiger partial charge in [0.25, 0.3) is 0 Å². The lowest BCUT2D eigenvalue weighted by atomic mass is 10.1. The van der Waals surface area contributed by atoms with E-state index in [4.69, 9.17) is 16.3 Å². The zero-order valence-electron chi connectivity index (χ0n) is 16.3. The Morgan fingerprint density at radius 2 is 1.96 bits per heavy atom. The van der Waals surface area contributed by atoms with Crippen LogP contribution in [0.5, 0.6) is 5.75 Å². The van der Waals surface area contributed by atoms with Crippen molar-refractivity contribution in [2.24, 2.45) is 10.9 Å². The summed E-state index contributed by atoms with van der Waals surface area (Å²) in [5.74, 6) is 2.14. The molecule has 1 aromatic rings. The molecule has 0 bridgehead atoms. The predicted octanol–water partition coefficient (Wildman–Crippen LogP) is 3.29. The van der Waals surface area contributed by atoms with Crippen LogP contribution in [-0.4, -0.2) is 56.1 Å². The fourth-order valence-corrected chi connectivity index (χ4v) is 3.89. The monoisotopic (exact) mass is 520 g/mol. The zero-order chi connectivity index (χ0) is 19.1. The number of ether oxygens (including phenoxy) is 1. The van der Waals surface area contributed by atoms with E-state index in [0.717, 1.165) is 44.1 Å². The second-order valence-corrected chi connectivity index (χ2v) is 7.63. The Morgan fingerprint density at radius 1 is 1.25 bits per heavy atom. The van der Waals surface area contributed by atoms with Crippen LogP contribution in [0.3, 0.4) is 0 Å². The van der Waals surface area contributed by atoms with Crippen LogP contribution in [0.2, 0.25) is 5.02 Å². The third kappa shape index (κ3) is 6.69. The molecule has 2 N–H and O–H groups in total. The van der Waals surface area contributed by atoms with Crippen LogP contribution in [0, 0.1) is 5.92 Å². The number of carbonyl (C=O) groups excluding carboxylic acids is 1. The molecule has 0 aromatic heterocycles. The molecule has 1 unspecified atom stereocenters. The number of amides is 1. The van der Waals surface area contributed by atoms with Crippen molar-refractivity contribution < 1.29 is 9.53 Å². The molecular weight excluding hydrogens is 491 g/mol. The summed E-state index contributed by atoms with van der Waals surface area (Å²) in [5.41, 5.74) is 0. The van der Waals surface area contributed by atoms with Gasteiger partial charge >= 0.3 is 0 Å². The molecule has 1 saturated carbocycles. The van der Waals surface area contributed by atoms with Gasteiger partial charge in [-0.25, -0.2) is 0 Å². The third-order valence-corrected chi connectivity index (χ3v) is 5.50. The summed E-state index contributed by atoms with van der Waals surface area (Å²) in [6, 6.07) is 7.57. The molecule has 3 rings (SSSR count). The SMILES string of the molecule is CN=C(NCCOc1ccc(Cl)cc1)NC1CCN(C(=O)C2CCCC2)C1.I. The van der Waals surface area contributed by atoms with Crippen molar-refractivity contribution in [2.75, 3.05) is 33.3 Å². The Bertz CT molecular complexity index is 650. The maximum Gasteiger partial charge on any atom is 0.225 e. The smallest absolute Gasteiger partial charge is 0.225 e. The number of aliphatic imine (C=N–C) groups is 1. The minimum atomic E-state index is 0. The van der Waals surface area contributed by atoms with Crippen LogP contribution >= 0.6 is 35.6 Å². The molecule has 1 aromatic carbocycles. The van der Waals surface area contributed by atoms with Crippen LogP contribution in [-0.2, 0) is 4.79 Å². The maximum atomic E-state index is 12.5. The Balaban J connectivity index is 0.00000280. The van der Waals surface area contributed by atoms with E-state index in [1.54, 1.807) is 7.05 Å². The lowest BCUT2D eigenvalue weighted by Gasteiger charge is -2.21. The van der Waals surface area contributed by atoms with Crippen LogP contribution < -0.4 is 15.4 Å². The second kappa shape index (κ2) is 11.7. The Hall–Kier alpha value is -1.22. The first-order valence-electron chi connectivity index (χ1n) is 9.80. The van der Waals surface area contributed by atoms with Gasteiger partial charge in [0.2, 0.25) is 5.91 Å². The average molecular weight is 521 g/mol. The summed E-state index contributed by atoms with van der Waals surface area (Å²) in [4.78, 5) is 18.8. The van der Waals surface area contributed by atoms with Crippen LogP contribution in [0.4, 0.5) is 0 Å². The van der Waals surface area contributed by atoms with E-state index in [2.05, 4.69) is 15.6 Å². The first-order valence-corrected chi connectivity index (χ1v) is 10.2. The van der Waals surface area contributed by atoms with Gasteiger partial charge in [0.05, 0.1) is 6.54 Å². The quantitative estimate of drug-likeness (QED) is 0.261. The highest BCUT2D eigenvalue weighted by Crippen LogP contribution is 2.27. The van der Waals surface area contributed by atoms with Gasteiger partial charge in [-0.1, -0.05) is 24.4 Å². The van der Waals surface area contributed by atoms with Crippen molar-refractivity contribution in [3.05, 3.63) is 29.3 Å². The van der Waals surface area contributed by atoms with E-state index >= 15 is 0 Å². The lowest BCUT2D eigenvalue weighted by molar-refractivity contribution is -0.134. The number of guanidine groups is 1. The van der Waals surface area contributed by atoms with Gasteiger partial charge in [0.15, 0.2) is 5.96 Å². The highest BCUT2D eigenvalue weighted by Gasteiger charge is 2.32. The Kier molecular flexibility index (Phi) is 9.64. The molecule has 28 heavy (non-hydrogen) atoms. The number of hydrogen-bond acceptors (Lipinski definition) is 3. The molecule has 156 valence electrons. The Labute approximate surface area is 189 Å². The van der Waals surface area contributed by atoms with E-state index in [9.17, 15) is 4.79 Å². The van der Waals surface area contributed by atoms with Gasteiger partial charge in [-0.05, 0) is 43.5 Å². The van der Waals surface area contributed by atoms with E-state index < -0.39 is 0 Å². The van der Waals surface area contributed by atoms with Crippen molar-refractivity contribution >= 4 is 47.4 Å². The van der Waals surface area contributed by atoms with Crippen molar-refractivity contribution in [2.45, 2.75) is 38.1 Å². The summed E-state index contributed by atoms with van der Waals surface area (Å²) >= 11 is 5.86. The van der Waals surface area contributed by atoms with E-state index in [-0.39, 0.29) is 35.9 Å². The lowest BCUT2D eigenvalue weighted by Crippen LogP contribution is -2.46. The van der Waals surface area contributed by atoms with Gasteiger partial charge in [0, 0.05) is 37.1 Å². The number of nitrogens with one attached hydrogen (secondary N) is 2. The molecular formula is C20H30ClIN4O2. The van der Waals surface area contributed by atoms with Crippen molar-refractivity contribution in [3.63, 3.8) is 0 Å². The first kappa shape index (κ1) is 23.1. The molecule has 1 atom stereocenters. The summed E-state index contributed by atoms with van der Waals surface area (Å²) in [7, 11) is 1.76. The van der Waals surface area contributed by atoms with Gasteiger partial charge in [-0.3, -0.25) is 9.79 Å². The van der Waals surface area contributed by atoms with E-state index in [1.807, 2.05) is 29.2 Å². The summed E-state index contributed by atoms with van der Waals surface area (Å²) in [6.07, 6.45) is 5.47. The third-order valence-electron chi connectivity index (χ3n) is 5.25. The second-order valence-electron chi connectivity index (χ2n) is 7.20. The van der Waals surface area contributed by atoms with Crippen molar-refractivity contribution in [1.82, 2.24) is 15.5 Å². The number of hydrogen-bond donors (Lipinski definition) is 2. The molecule has 0 radical (unpaired) electrons. The number of benzene rings is 1. The zero-order valence-corrected chi connectivity index (χ0v) is 19.4. The highest BCUT2D eigenvalue weighted by atomic mass is 127. The molecule has 1 amide bonds. The first-order chi connectivity index (χ1) is 13.2.